The molecule has 0 amide bonds. The van der Waals surface area contributed by atoms with Crippen molar-refractivity contribution in [2.75, 3.05) is 0 Å². The number of thioether (sulfide) groups is 1. The molecule has 0 radical (unpaired) electrons. The molecule has 0 spiro atoms. The fourth-order valence-corrected chi connectivity index (χ4v) is 3.80. The van der Waals surface area contributed by atoms with Gasteiger partial charge in [0.05, 0.1) is 22.4 Å². The molecule has 0 saturated heterocycles. The molecule has 0 bridgehead atoms. The van der Waals surface area contributed by atoms with Crippen LogP contribution in [0.2, 0.25) is 0 Å². The molecule has 4 nitrogen and oxygen atoms in total. The van der Waals surface area contributed by atoms with Gasteiger partial charge in [0.15, 0.2) is 10.7 Å². The molecule has 0 N–H and O–H groups in total. The van der Waals surface area contributed by atoms with Crippen molar-refractivity contribution in [1.29, 1.82) is 0 Å². The van der Waals surface area contributed by atoms with Crippen LogP contribution in [0.4, 0.5) is 0 Å². The van der Waals surface area contributed by atoms with Gasteiger partial charge in [-0.3, -0.25) is 4.57 Å². The van der Waals surface area contributed by atoms with Crippen molar-refractivity contribution in [2.24, 2.45) is 7.05 Å². The Morgan fingerprint density at radius 2 is 1.82 bits per heavy atom. The van der Waals surface area contributed by atoms with Crippen molar-refractivity contribution in [3.63, 3.8) is 0 Å². The van der Waals surface area contributed by atoms with E-state index in [-0.39, 0.29) is 0 Å². The molecule has 6 heteroatoms. The lowest BCUT2D eigenvalue weighted by Gasteiger charge is -2.03. The molecule has 2 aromatic carbocycles. The molecule has 0 aliphatic carbocycles. The third kappa shape index (κ3) is 2.15. The molecule has 22 heavy (non-hydrogen) atoms. The summed E-state index contributed by atoms with van der Waals surface area (Å²) in [6, 6.07) is 16.0. The third-order valence-electron chi connectivity index (χ3n) is 3.64. The van der Waals surface area contributed by atoms with Crippen molar-refractivity contribution < 1.29 is 4.42 Å². The first-order valence-electron chi connectivity index (χ1n) is 6.86. The SMILES string of the molecule is Cn1c(SCn2c(=S)oc3ccccc32)nc2ccccc21. The lowest BCUT2D eigenvalue weighted by atomic mass is 10.3. The summed E-state index contributed by atoms with van der Waals surface area (Å²) in [6.45, 7) is 0. The smallest absolute Gasteiger partial charge is 0.270 e. The molecule has 110 valence electrons. The Hall–Kier alpha value is -2.05. The van der Waals surface area contributed by atoms with E-state index in [0.29, 0.717) is 10.7 Å². The van der Waals surface area contributed by atoms with E-state index in [2.05, 4.69) is 15.6 Å². The van der Waals surface area contributed by atoms with Gasteiger partial charge in [0, 0.05) is 7.05 Å². The van der Waals surface area contributed by atoms with Gasteiger partial charge in [-0.15, -0.1) is 0 Å². The fourth-order valence-electron chi connectivity index (χ4n) is 2.51. The summed E-state index contributed by atoms with van der Waals surface area (Å²) >= 11 is 6.97. The predicted octanol–water partition coefficient (Wildman–Crippen LogP) is 4.60. The molecule has 4 aromatic rings. The Balaban J connectivity index is 1.70. The largest absolute Gasteiger partial charge is 0.429 e. The zero-order chi connectivity index (χ0) is 15.1. The van der Waals surface area contributed by atoms with Crippen molar-refractivity contribution in [2.45, 2.75) is 11.0 Å². The molecular formula is C16H13N3OS2. The summed E-state index contributed by atoms with van der Waals surface area (Å²) in [7, 11) is 2.03. The van der Waals surface area contributed by atoms with Crippen LogP contribution in [-0.4, -0.2) is 14.1 Å². The first-order chi connectivity index (χ1) is 10.7. The molecule has 4 rings (SSSR count). The van der Waals surface area contributed by atoms with Gasteiger partial charge in [-0.2, -0.15) is 0 Å². The highest BCUT2D eigenvalue weighted by molar-refractivity contribution is 7.98. The normalized spacial score (nSPS) is 11.5. The standard InChI is InChI=1S/C16H13N3OS2/c1-18-12-7-3-2-6-11(12)17-15(18)22-10-19-13-8-4-5-9-14(13)20-16(19)21/h2-9H,10H2,1H3. The van der Waals surface area contributed by atoms with Crippen molar-refractivity contribution in [3.05, 3.63) is 53.4 Å². The summed E-state index contributed by atoms with van der Waals surface area (Å²) in [5.41, 5.74) is 3.97. The van der Waals surface area contributed by atoms with Gasteiger partial charge in [-0.25, -0.2) is 4.98 Å². The summed E-state index contributed by atoms with van der Waals surface area (Å²) in [5, 5.41) is 0.966. The van der Waals surface area contributed by atoms with Crippen LogP contribution < -0.4 is 0 Å². The van der Waals surface area contributed by atoms with E-state index in [4.69, 9.17) is 16.6 Å². The number of para-hydroxylation sites is 4. The highest BCUT2D eigenvalue weighted by Gasteiger charge is 2.10. The van der Waals surface area contributed by atoms with Gasteiger partial charge in [0.1, 0.15) is 0 Å². The number of fused-ring (bicyclic) bond motifs is 2. The number of benzene rings is 2. The summed E-state index contributed by atoms with van der Waals surface area (Å²) in [4.78, 5) is 5.16. The van der Waals surface area contributed by atoms with Crippen LogP contribution >= 0.6 is 24.0 Å². The molecule has 0 saturated carbocycles. The first kappa shape index (κ1) is 13.6. The lowest BCUT2D eigenvalue weighted by Crippen LogP contribution is -1.97. The Kier molecular flexibility index (Phi) is 3.28. The monoisotopic (exact) mass is 327 g/mol. The van der Waals surface area contributed by atoms with Crippen LogP contribution in [0.5, 0.6) is 0 Å². The predicted molar refractivity (Wildman–Crippen MR) is 91.6 cm³/mol. The molecule has 0 aliphatic heterocycles. The van der Waals surface area contributed by atoms with Crippen LogP contribution in [0.15, 0.2) is 58.1 Å². The average Bonchev–Trinajstić information content (AvgIpc) is 3.03. The fraction of sp³-hybridized carbons (Fsp3) is 0.125. The van der Waals surface area contributed by atoms with Crippen LogP contribution in [0.3, 0.4) is 0 Å². The minimum Gasteiger partial charge on any atom is -0.429 e. The molecule has 0 atom stereocenters. The van der Waals surface area contributed by atoms with Crippen molar-refractivity contribution >= 4 is 46.1 Å². The minimum absolute atomic E-state index is 0.493. The highest BCUT2D eigenvalue weighted by Crippen LogP contribution is 2.26. The molecule has 0 aliphatic rings. The van der Waals surface area contributed by atoms with Crippen molar-refractivity contribution in [3.8, 4) is 0 Å². The average molecular weight is 327 g/mol. The number of rotatable bonds is 3. The molecule has 2 aromatic heterocycles. The Bertz CT molecular complexity index is 1030. The van der Waals surface area contributed by atoms with E-state index >= 15 is 0 Å². The topological polar surface area (TPSA) is 35.9 Å². The highest BCUT2D eigenvalue weighted by atomic mass is 32.2. The lowest BCUT2D eigenvalue weighted by molar-refractivity contribution is 0.556. The minimum atomic E-state index is 0.493. The van der Waals surface area contributed by atoms with Gasteiger partial charge in [0.2, 0.25) is 0 Å². The molecular weight excluding hydrogens is 314 g/mol. The number of imidazole rings is 1. The van der Waals surface area contributed by atoms with E-state index in [1.54, 1.807) is 11.8 Å². The summed E-state index contributed by atoms with van der Waals surface area (Å²) < 4.78 is 9.71. The number of aryl methyl sites for hydroxylation is 1. The maximum atomic E-state index is 5.61. The van der Waals surface area contributed by atoms with E-state index in [9.17, 15) is 0 Å². The first-order valence-corrected chi connectivity index (χ1v) is 8.26. The third-order valence-corrected chi connectivity index (χ3v) is 4.96. The maximum Gasteiger partial charge on any atom is 0.270 e. The van der Waals surface area contributed by atoms with Crippen LogP contribution in [0.25, 0.3) is 22.1 Å². The second kappa shape index (κ2) is 5.30. The number of aromatic nitrogens is 3. The van der Waals surface area contributed by atoms with E-state index in [0.717, 1.165) is 27.3 Å². The summed E-state index contributed by atoms with van der Waals surface area (Å²) in [6.07, 6.45) is 0. The number of nitrogens with zero attached hydrogens (tertiary/aromatic N) is 3. The molecule has 0 fully saturated rings. The van der Waals surface area contributed by atoms with Gasteiger partial charge < -0.3 is 8.98 Å². The zero-order valence-electron chi connectivity index (χ0n) is 11.9. The van der Waals surface area contributed by atoms with Gasteiger partial charge in [-0.1, -0.05) is 36.0 Å². The Morgan fingerprint density at radius 3 is 2.64 bits per heavy atom. The Labute approximate surface area is 136 Å². The number of hydrogen-bond acceptors (Lipinski definition) is 4. The Morgan fingerprint density at radius 1 is 1.09 bits per heavy atom. The van der Waals surface area contributed by atoms with E-state index in [1.165, 1.54) is 0 Å². The number of oxazole rings is 1. The van der Waals surface area contributed by atoms with Crippen LogP contribution in [0, 0.1) is 4.84 Å². The van der Waals surface area contributed by atoms with Gasteiger partial charge in [-0.05, 0) is 36.5 Å². The molecule has 0 unspecified atom stereocenters. The zero-order valence-corrected chi connectivity index (χ0v) is 13.5. The van der Waals surface area contributed by atoms with Gasteiger partial charge >= 0.3 is 0 Å². The second-order valence-corrected chi connectivity index (χ2v) is 6.24. The van der Waals surface area contributed by atoms with Crippen LogP contribution in [0.1, 0.15) is 0 Å². The van der Waals surface area contributed by atoms with Crippen LogP contribution in [-0.2, 0) is 12.9 Å². The number of hydrogen-bond donors (Lipinski definition) is 0. The van der Waals surface area contributed by atoms with Crippen molar-refractivity contribution in [1.82, 2.24) is 14.1 Å². The quantitative estimate of drug-likeness (QED) is 0.407. The second-order valence-electron chi connectivity index (χ2n) is 4.98. The van der Waals surface area contributed by atoms with E-state index in [1.807, 2.05) is 54.1 Å². The van der Waals surface area contributed by atoms with Gasteiger partial charge in [0.25, 0.3) is 4.84 Å². The maximum absolute atomic E-state index is 5.61. The molecule has 2 heterocycles. The summed E-state index contributed by atoms with van der Waals surface area (Å²) in [5.74, 6) is 0.674. The van der Waals surface area contributed by atoms with E-state index < -0.39 is 0 Å².